The largest absolute Gasteiger partial charge is 0.507 e. The summed E-state index contributed by atoms with van der Waals surface area (Å²) in [6, 6.07) is 0.770. The number of phenolic OH excluding ortho intramolecular Hbond substituents is 3. The maximum absolute atomic E-state index is 13.3. The van der Waals surface area contributed by atoms with Crippen molar-refractivity contribution in [2.45, 2.75) is 31.7 Å². The Bertz CT molecular complexity index is 1210. The van der Waals surface area contributed by atoms with E-state index in [9.17, 15) is 50.1 Å². The van der Waals surface area contributed by atoms with Crippen LogP contribution in [-0.4, -0.2) is 72.1 Å². The Morgan fingerprint density at radius 3 is 2.19 bits per heavy atom. The summed E-state index contributed by atoms with van der Waals surface area (Å²) in [4.78, 5) is 37.9. The SMILES string of the molecule is Cc1c(C(=O)O)c(O)cc2c1C(=O)c1c(O)c(C3OC[C@H](O)C[C@@H]3O)c(O)c(O)c1C2=O. The second kappa shape index (κ2) is 7.19. The van der Waals surface area contributed by atoms with Crippen LogP contribution in [0.15, 0.2) is 6.07 Å². The van der Waals surface area contributed by atoms with Gasteiger partial charge in [0.1, 0.15) is 23.2 Å². The highest BCUT2D eigenvalue weighted by Crippen LogP contribution is 2.51. The minimum atomic E-state index is -1.55. The number of aromatic hydroxyl groups is 4. The smallest absolute Gasteiger partial charge is 0.339 e. The number of carboxylic acid groups (broad SMARTS) is 1. The lowest BCUT2D eigenvalue weighted by Gasteiger charge is -2.33. The van der Waals surface area contributed by atoms with Crippen LogP contribution in [0.25, 0.3) is 0 Å². The topological polar surface area (TPSA) is 202 Å². The fraction of sp³-hybridized carbons (Fsp3) is 0.286. The average molecular weight is 446 g/mol. The van der Waals surface area contributed by atoms with Crippen LogP contribution in [0.1, 0.15) is 65.9 Å². The van der Waals surface area contributed by atoms with Crippen LogP contribution in [0.5, 0.6) is 23.0 Å². The van der Waals surface area contributed by atoms with Gasteiger partial charge in [0.2, 0.25) is 0 Å². The summed E-state index contributed by atoms with van der Waals surface area (Å²) < 4.78 is 5.28. The van der Waals surface area contributed by atoms with Crippen LogP contribution < -0.4 is 0 Å². The molecule has 7 N–H and O–H groups in total. The normalized spacial score (nSPS) is 22.4. The molecular formula is C21H18O11. The number of benzene rings is 2. The monoisotopic (exact) mass is 446 g/mol. The number of aliphatic hydroxyl groups excluding tert-OH is 2. The highest BCUT2D eigenvalue weighted by atomic mass is 16.5. The van der Waals surface area contributed by atoms with E-state index in [0.717, 1.165) is 6.07 Å². The van der Waals surface area contributed by atoms with Crippen molar-refractivity contribution in [2.75, 3.05) is 6.61 Å². The van der Waals surface area contributed by atoms with Gasteiger partial charge >= 0.3 is 5.97 Å². The van der Waals surface area contributed by atoms with Crippen LogP contribution in [0, 0.1) is 6.92 Å². The van der Waals surface area contributed by atoms with E-state index in [1.807, 2.05) is 0 Å². The molecule has 168 valence electrons. The molecule has 1 saturated heterocycles. The van der Waals surface area contributed by atoms with Crippen molar-refractivity contribution in [3.63, 3.8) is 0 Å². The fourth-order valence-electron chi connectivity index (χ4n) is 4.31. The second-order valence-corrected chi connectivity index (χ2v) is 7.70. The van der Waals surface area contributed by atoms with E-state index in [0.29, 0.717) is 0 Å². The molecule has 0 saturated carbocycles. The van der Waals surface area contributed by atoms with Crippen molar-refractivity contribution >= 4 is 17.5 Å². The molecule has 4 rings (SSSR count). The molecule has 1 unspecified atom stereocenters. The number of aromatic carboxylic acids is 1. The van der Waals surface area contributed by atoms with Crippen molar-refractivity contribution in [3.8, 4) is 23.0 Å². The van der Waals surface area contributed by atoms with E-state index in [1.165, 1.54) is 6.92 Å². The zero-order chi connectivity index (χ0) is 23.6. The lowest BCUT2D eigenvalue weighted by Crippen LogP contribution is -2.36. The van der Waals surface area contributed by atoms with Gasteiger partial charge < -0.3 is 40.5 Å². The Morgan fingerprint density at radius 1 is 0.969 bits per heavy atom. The number of fused-ring (bicyclic) bond motifs is 2. The Balaban J connectivity index is 2.00. The van der Waals surface area contributed by atoms with E-state index < -0.39 is 92.2 Å². The van der Waals surface area contributed by atoms with Crippen molar-refractivity contribution < 1.29 is 54.9 Å². The molecule has 1 aliphatic heterocycles. The number of carbonyl (C=O) groups excluding carboxylic acids is 2. The van der Waals surface area contributed by atoms with E-state index >= 15 is 0 Å². The first-order valence-corrected chi connectivity index (χ1v) is 9.45. The van der Waals surface area contributed by atoms with Crippen molar-refractivity contribution in [1.29, 1.82) is 0 Å². The van der Waals surface area contributed by atoms with Crippen LogP contribution >= 0.6 is 0 Å². The van der Waals surface area contributed by atoms with E-state index in [-0.39, 0.29) is 18.6 Å². The second-order valence-electron chi connectivity index (χ2n) is 7.70. The number of aliphatic hydroxyl groups is 2. The molecule has 0 radical (unpaired) electrons. The molecular weight excluding hydrogens is 428 g/mol. The molecule has 2 aromatic rings. The maximum atomic E-state index is 13.3. The lowest BCUT2D eigenvalue weighted by molar-refractivity contribution is -0.126. The third-order valence-electron chi connectivity index (χ3n) is 5.77. The van der Waals surface area contributed by atoms with Crippen molar-refractivity contribution in [1.82, 2.24) is 0 Å². The van der Waals surface area contributed by atoms with Crippen LogP contribution in [0.4, 0.5) is 0 Å². The summed E-state index contributed by atoms with van der Waals surface area (Å²) in [6.45, 7) is 0.931. The Kier molecular flexibility index (Phi) is 4.84. The molecule has 0 spiro atoms. The van der Waals surface area contributed by atoms with Gasteiger partial charge in [0.25, 0.3) is 0 Å². The predicted molar refractivity (Wildman–Crippen MR) is 103 cm³/mol. The Morgan fingerprint density at radius 2 is 1.59 bits per heavy atom. The van der Waals surface area contributed by atoms with Gasteiger partial charge in [0.15, 0.2) is 23.1 Å². The van der Waals surface area contributed by atoms with Crippen LogP contribution in [-0.2, 0) is 4.74 Å². The Labute approximate surface area is 179 Å². The fourth-order valence-corrected chi connectivity index (χ4v) is 4.31. The van der Waals surface area contributed by atoms with Crippen molar-refractivity contribution in [3.05, 3.63) is 45.0 Å². The van der Waals surface area contributed by atoms with Gasteiger partial charge in [-0.05, 0) is 18.6 Å². The standard InChI is InChI=1S/C21H18O11/c1-5-10-7(3-8(23)11(5)21(30)31)15(25)12-13(16(10)26)17(27)14(19(29)18(12)28)20-9(24)2-6(22)4-32-20/h3,6,9,20,22-24,27-29H,2,4H2,1H3,(H,30,31)/t6-,9+,20?/m1/s1. The quantitative estimate of drug-likeness (QED) is 0.213. The molecule has 0 aromatic heterocycles. The molecule has 1 heterocycles. The molecule has 11 nitrogen and oxygen atoms in total. The van der Waals surface area contributed by atoms with Crippen LogP contribution in [0.3, 0.4) is 0 Å². The lowest BCUT2D eigenvalue weighted by atomic mass is 9.78. The molecule has 2 aliphatic rings. The Hall–Kier alpha value is -3.67. The number of carbonyl (C=O) groups is 3. The van der Waals surface area contributed by atoms with Gasteiger partial charge in [-0.15, -0.1) is 0 Å². The summed E-state index contributed by atoms with van der Waals surface area (Å²) >= 11 is 0. The molecule has 0 bridgehead atoms. The molecule has 11 heteroatoms. The first-order chi connectivity index (χ1) is 15.0. The molecule has 2 aromatic carbocycles. The number of rotatable bonds is 2. The van der Waals surface area contributed by atoms with Crippen molar-refractivity contribution in [2.24, 2.45) is 0 Å². The summed E-state index contributed by atoms with van der Waals surface area (Å²) in [5.74, 6) is -7.41. The number of hydrogen-bond donors (Lipinski definition) is 7. The summed E-state index contributed by atoms with van der Waals surface area (Å²) in [6.07, 6.45) is -4.06. The highest BCUT2D eigenvalue weighted by molar-refractivity contribution is 6.31. The first-order valence-electron chi connectivity index (χ1n) is 9.45. The molecule has 32 heavy (non-hydrogen) atoms. The third kappa shape index (κ3) is 2.83. The number of ether oxygens (including phenoxy) is 1. The molecule has 1 aliphatic carbocycles. The van der Waals surface area contributed by atoms with Gasteiger partial charge in [-0.3, -0.25) is 9.59 Å². The van der Waals surface area contributed by atoms with Gasteiger partial charge in [0, 0.05) is 17.5 Å². The number of phenols is 4. The minimum Gasteiger partial charge on any atom is -0.507 e. The summed E-state index contributed by atoms with van der Waals surface area (Å²) in [7, 11) is 0. The number of ketones is 2. The number of hydrogen-bond acceptors (Lipinski definition) is 10. The van der Waals surface area contributed by atoms with Gasteiger partial charge in [-0.25, -0.2) is 4.79 Å². The van der Waals surface area contributed by atoms with E-state index in [1.54, 1.807) is 0 Å². The molecule has 1 fully saturated rings. The highest BCUT2D eigenvalue weighted by Gasteiger charge is 2.43. The molecule has 3 atom stereocenters. The molecule has 0 amide bonds. The third-order valence-corrected chi connectivity index (χ3v) is 5.77. The zero-order valence-electron chi connectivity index (χ0n) is 16.5. The van der Waals surface area contributed by atoms with Gasteiger partial charge in [-0.1, -0.05) is 0 Å². The van der Waals surface area contributed by atoms with E-state index in [4.69, 9.17) is 4.74 Å². The summed E-state index contributed by atoms with van der Waals surface area (Å²) in [5, 5.41) is 71.1. The summed E-state index contributed by atoms with van der Waals surface area (Å²) in [5.41, 5.74) is -3.67. The minimum absolute atomic E-state index is 0.183. The van der Waals surface area contributed by atoms with Gasteiger partial charge in [0.05, 0.1) is 35.5 Å². The maximum Gasteiger partial charge on any atom is 0.339 e. The predicted octanol–water partition coefficient (Wildman–Crippen LogP) is 0.474. The zero-order valence-corrected chi connectivity index (χ0v) is 16.5. The number of carboxylic acids is 1. The van der Waals surface area contributed by atoms with Gasteiger partial charge in [-0.2, -0.15) is 0 Å². The average Bonchev–Trinajstić information content (AvgIpc) is 2.69. The van der Waals surface area contributed by atoms with Crippen LogP contribution in [0.2, 0.25) is 0 Å². The van der Waals surface area contributed by atoms with E-state index in [2.05, 4.69) is 0 Å². The first kappa shape index (κ1) is 21.6.